The zero-order chi connectivity index (χ0) is 13.2. The number of nitrogens with one attached hydrogen (secondary N) is 1. The Hall–Kier alpha value is -2.22. The molecular weight excluding hydrogens is 259 g/mol. The number of benzene rings is 1. The van der Waals surface area contributed by atoms with Gasteiger partial charge in [-0.15, -0.1) is 0 Å². The third kappa shape index (κ3) is 2.72. The van der Waals surface area contributed by atoms with Crippen molar-refractivity contribution < 1.29 is 12.8 Å². The SMILES string of the molecule is Nc1ncc(S(=O)(=O)Nc2cccc(F)c2)cn1. The van der Waals surface area contributed by atoms with Crippen LogP contribution in [0.2, 0.25) is 0 Å². The molecule has 18 heavy (non-hydrogen) atoms. The number of sulfonamides is 1. The summed E-state index contributed by atoms with van der Waals surface area (Å²) in [5, 5.41) is 0. The average molecular weight is 268 g/mol. The number of anilines is 2. The summed E-state index contributed by atoms with van der Waals surface area (Å²) in [6.45, 7) is 0. The Morgan fingerprint density at radius 2 is 1.89 bits per heavy atom. The number of halogens is 1. The van der Waals surface area contributed by atoms with Crippen molar-refractivity contribution in [1.29, 1.82) is 0 Å². The van der Waals surface area contributed by atoms with Crippen molar-refractivity contribution >= 4 is 21.7 Å². The minimum Gasteiger partial charge on any atom is -0.368 e. The van der Waals surface area contributed by atoms with Gasteiger partial charge in [0.1, 0.15) is 10.7 Å². The van der Waals surface area contributed by atoms with Gasteiger partial charge in [0.2, 0.25) is 5.95 Å². The Labute approximate surface area is 103 Å². The van der Waals surface area contributed by atoms with E-state index >= 15 is 0 Å². The van der Waals surface area contributed by atoms with Crippen LogP contribution in [-0.2, 0) is 10.0 Å². The lowest BCUT2D eigenvalue weighted by Gasteiger charge is -2.07. The number of nitrogens with zero attached hydrogens (tertiary/aromatic N) is 2. The molecule has 8 heteroatoms. The highest BCUT2D eigenvalue weighted by Crippen LogP contribution is 2.15. The number of nitrogen functional groups attached to an aromatic ring is 1. The fourth-order valence-corrected chi connectivity index (χ4v) is 2.17. The lowest BCUT2D eigenvalue weighted by atomic mass is 10.3. The van der Waals surface area contributed by atoms with Gasteiger partial charge in [0.25, 0.3) is 10.0 Å². The largest absolute Gasteiger partial charge is 0.368 e. The molecule has 1 aromatic heterocycles. The number of aromatic nitrogens is 2. The molecule has 2 aromatic rings. The maximum absolute atomic E-state index is 12.9. The Morgan fingerprint density at radius 3 is 2.50 bits per heavy atom. The van der Waals surface area contributed by atoms with Gasteiger partial charge in [-0.1, -0.05) is 6.07 Å². The Balaban J connectivity index is 2.30. The lowest BCUT2D eigenvalue weighted by molar-refractivity contribution is 0.600. The molecule has 0 bridgehead atoms. The van der Waals surface area contributed by atoms with Gasteiger partial charge in [0.05, 0.1) is 18.1 Å². The van der Waals surface area contributed by atoms with E-state index in [0.717, 1.165) is 18.5 Å². The van der Waals surface area contributed by atoms with Crippen molar-refractivity contribution in [3.63, 3.8) is 0 Å². The molecule has 0 saturated heterocycles. The molecule has 0 aliphatic rings. The first-order valence-electron chi connectivity index (χ1n) is 4.83. The van der Waals surface area contributed by atoms with Crippen LogP contribution in [0, 0.1) is 5.82 Å². The second-order valence-corrected chi connectivity index (χ2v) is 5.08. The lowest BCUT2D eigenvalue weighted by Crippen LogP contribution is -2.14. The van der Waals surface area contributed by atoms with Gasteiger partial charge in [-0.05, 0) is 18.2 Å². The van der Waals surface area contributed by atoms with E-state index in [2.05, 4.69) is 14.7 Å². The number of nitrogens with two attached hydrogens (primary N) is 1. The van der Waals surface area contributed by atoms with Crippen molar-refractivity contribution in [2.24, 2.45) is 0 Å². The zero-order valence-electron chi connectivity index (χ0n) is 9.04. The van der Waals surface area contributed by atoms with E-state index < -0.39 is 15.8 Å². The highest BCUT2D eigenvalue weighted by molar-refractivity contribution is 7.92. The summed E-state index contributed by atoms with van der Waals surface area (Å²) in [5.41, 5.74) is 5.37. The van der Waals surface area contributed by atoms with Crippen LogP contribution in [0.3, 0.4) is 0 Å². The van der Waals surface area contributed by atoms with Gasteiger partial charge < -0.3 is 5.73 Å². The van der Waals surface area contributed by atoms with Gasteiger partial charge in [-0.3, -0.25) is 4.72 Å². The van der Waals surface area contributed by atoms with Crippen LogP contribution in [0.5, 0.6) is 0 Å². The second kappa shape index (κ2) is 4.57. The summed E-state index contributed by atoms with van der Waals surface area (Å²) >= 11 is 0. The summed E-state index contributed by atoms with van der Waals surface area (Å²) in [7, 11) is -3.84. The maximum atomic E-state index is 12.9. The highest BCUT2D eigenvalue weighted by atomic mass is 32.2. The van der Waals surface area contributed by atoms with E-state index in [1.807, 2.05) is 0 Å². The molecule has 0 radical (unpaired) electrons. The van der Waals surface area contributed by atoms with Crippen molar-refractivity contribution in [2.45, 2.75) is 4.90 Å². The van der Waals surface area contributed by atoms with Gasteiger partial charge in [0.15, 0.2) is 0 Å². The first-order valence-corrected chi connectivity index (χ1v) is 6.31. The van der Waals surface area contributed by atoms with Gasteiger partial charge in [-0.25, -0.2) is 22.8 Å². The van der Waals surface area contributed by atoms with Crippen LogP contribution in [0.1, 0.15) is 0 Å². The quantitative estimate of drug-likeness (QED) is 0.865. The molecule has 0 atom stereocenters. The molecule has 1 heterocycles. The minimum absolute atomic E-state index is 0.0281. The van der Waals surface area contributed by atoms with E-state index in [0.29, 0.717) is 0 Å². The summed E-state index contributed by atoms with van der Waals surface area (Å²) in [5.74, 6) is -0.566. The van der Waals surface area contributed by atoms with Crippen LogP contribution < -0.4 is 10.5 Å². The molecule has 94 valence electrons. The highest BCUT2D eigenvalue weighted by Gasteiger charge is 2.15. The third-order valence-electron chi connectivity index (χ3n) is 2.04. The zero-order valence-corrected chi connectivity index (χ0v) is 9.86. The molecule has 0 spiro atoms. The smallest absolute Gasteiger partial charge is 0.264 e. The second-order valence-electron chi connectivity index (χ2n) is 3.39. The molecular formula is C10H9FN4O2S. The topological polar surface area (TPSA) is 98.0 Å². The predicted octanol–water partition coefficient (Wildman–Crippen LogP) is 0.999. The van der Waals surface area contributed by atoms with Crippen LogP contribution in [0.4, 0.5) is 16.0 Å². The first-order chi connectivity index (χ1) is 8.47. The monoisotopic (exact) mass is 268 g/mol. The predicted molar refractivity (Wildman–Crippen MR) is 63.7 cm³/mol. The summed E-state index contributed by atoms with van der Waals surface area (Å²) in [6.07, 6.45) is 2.15. The van der Waals surface area contributed by atoms with Gasteiger partial charge >= 0.3 is 0 Å². The maximum Gasteiger partial charge on any atom is 0.264 e. The van der Waals surface area contributed by atoms with E-state index in [1.54, 1.807) is 0 Å². The van der Waals surface area contributed by atoms with Crippen LogP contribution in [0.25, 0.3) is 0 Å². The number of hydrogen-bond acceptors (Lipinski definition) is 5. The van der Waals surface area contributed by atoms with Gasteiger partial charge in [0, 0.05) is 0 Å². The molecule has 3 N–H and O–H groups in total. The normalized spacial score (nSPS) is 11.2. The molecule has 0 aliphatic heterocycles. The molecule has 6 nitrogen and oxygen atoms in total. The van der Waals surface area contributed by atoms with Crippen LogP contribution >= 0.6 is 0 Å². The van der Waals surface area contributed by atoms with Crippen molar-refractivity contribution in [2.75, 3.05) is 10.5 Å². The van der Waals surface area contributed by atoms with E-state index in [4.69, 9.17) is 5.73 Å². The fraction of sp³-hybridized carbons (Fsp3) is 0. The van der Waals surface area contributed by atoms with Gasteiger partial charge in [-0.2, -0.15) is 0 Å². The molecule has 2 rings (SSSR count). The molecule has 0 fully saturated rings. The standard InChI is InChI=1S/C10H9FN4O2S/c11-7-2-1-3-8(4-7)15-18(16,17)9-5-13-10(12)14-6-9/h1-6,15H,(H2,12,13,14). The third-order valence-corrected chi connectivity index (χ3v) is 3.37. The molecule has 0 unspecified atom stereocenters. The van der Waals surface area contributed by atoms with Crippen LogP contribution in [0.15, 0.2) is 41.6 Å². The fourth-order valence-electron chi connectivity index (χ4n) is 1.23. The number of hydrogen-bond donors (Lipinski definition) is 2. The minimum atomic E-state index is -3.84. The van der Waals surface area contributed by atoms with E-state index in [1.165, 1.54) is 18.2 Å². The average Bonchev–Trinajstić information content (AvgIpc) is 2.29. The molecule has 1 aromatic carbocycles. The van der Waals surface area contributed by atoms with E-state index in [-0.39, 0.29) is 16.5 Å². The summed E-state index contributed by atoms with van der Waals surface area (Å²) in [4.78, 5) is 7.00. The van der Waals surface area contributed by atoms with Crippen molar-refractivity contribution in [3.8, 4) is 0 Å². The molecule has 0 amide bonds. The Morgan fingerprint density at radius 1 is 1.22 bits per heavy atom. The Kier molecular flexibility index (Phi) is 3.11. The summed E-state index contributed by atoms with van der Waals surface area (Å²) < 4.78 is 38.9. The summed E-state index contributed by atoms with van der Waals surface area (Å²) in [6, 6.07) is 5.10. The molecule has 0 saturated carbocycles. The van der Waals surface area contributed by atoms with Crippen molar-refractivity contribution in [1.82, 2.24) is 9.97 Å². The Bertz CT molecular complexity index is 658. The van der Waals surface area contributed by atoms with E-state index in [9.17, 15) is 12.8 Å². The van der Waals surface area contributed by atoms with Crippen LogP contribution in [-0.4, -0.2) is 18.4 Å². The van der Waals surface area contributed by atoms with Crippen molar-refractivity contribution in [3.05, 3.63) is 42.5 Å². The number of rotatable bonds is 3. The molecule has 0 aliphatic carbocycles. The first kappa shape index (κ1) is 12.2.